The maximum absolute atomic E-state index is 13.4. The van der Waals surface area contributed by atoms with Crippen LogP contribution in [0.4, 0.5) is 5.69 Å². The zero-order chi connectivity index (χ0) is 22.6. The Morgan fingerprint density at radius 2 is 1.72 bits per heavy atom. The van der Waals surface area contributed by atoms with Gasteiger partial charge in [0.15, 0.2) is 0 Å². The number of nitrogens with zero attached hydrogens (tertiary/aromatic N) is 3. The summed E-state index contributed by atoms with van der Waals surface area (Å²) in [5, 5.41) is 8.92. The molecule has 0 N–H and O–H groups in total. The Bertz CT molecular complexity index is 1190. The van der Waals surface area contributed by atoms with Crippen LogP contribution in [0.2, 0.25) is 0 Å². The second kappa shape index (κ2) is 9.39. The summed E-state index contributed by atoms with van der Waals surface area (Å²) in [7, 11) is -3.67. The third-order valence-electron chi connectivity index (χ3n) is 5.65. The molecule has 0 radical (unpaired) electrons. The Hall–Kier alpha value is -3.41. The highest BCUT2D eigenvalue weighted by Crippen LogP contribution is 2.28. The van der Waals surface area contributed by atoms with Gasteiger partial charge in [-0.3, -0.25) is 4.79 Å². The number of carbonyl (C=O) groups excluding carboxylic acids is 1. The molecule has 0 spiro atoms. The van der Waals surface area contributed by atoms with E-state index in [4.69, 9.17) is 9.68 Å². The monoisotopic (exact) mass is 449 g/mol. The van der Waals surface area contributed by atoms with Gasteiger partial charge in [-0.25, -0.2) is 8.42 Å². The van der Waals surface area contributed by atoms with E-state index in [-0.39, 0.29) is 29.8 Å². The Kier molecular flexibility index (Phi) is 6.40. The number of furan rings is 1. The van der Waals surface area contributed by atoms with Crippen molar-refractivity contribution in [2.75, 3.05) is 18.0 Å². The highest BCUT2D eigenvalue weighted by atomic mass is 32.2. The molecular formula is C24H23N3O4S. The number of hydrogen-bond donors (Lipinski definition) is 0. The summed E-state index contributed by atoms with van der Waals surface area (Å²) in [4.78, 5) is 15.3. The maximum Gasteiger partial charge on any atom is 0.243 e. The molecule has 2 heterocycles. The predicted molar refractivity (Wildman–Crippen MR) is 119 cm³/mol. The van der Waals surface area contributed by atoms with Crippen LogP contribution in [0.25, 0.3) is 0 Å². The molecule has 164 valence electrons. The molecule has 0 bridgehead atoms. The molecular weight excluding hydrogens is 426 g/mol. The van der Waals surface area contributed by atoms with Gasteiger partial charge in [0.05, 0.1) is 29.3 Å². The van der Waals surface area contributed by atoms with Crippen molar-refractivity contribution in [2.24, 2.45) is 5.92 Å². The Morgan fingerprint density at radius 1 is 1.03 bits per heavy atom. The highest BCUT2D eigenvalue weighted by molar-refractivity contribution is 7.89. The van der Waals surface area contributed by atoms with E-state index in [0.717, 1.165) is 5.69 Å². The number of amides is 1. The normalized spacial score (nSPS) is 15.2. The molecule has 3 aromatic rings. The minimum atomic E-state index is -3.67. The molecule has 1 aliphatic rings. The molecule has 1 saturated heterocycles. The van der Waals surface area contributed by atoms with Crippen molar-refractivity contribution in [3.63, 3.8) is 0 Å². The van der Waals surface area contributed by atoms with Gasteiger partial charge in [0, 0.05) is 24.7 Å². The lowest BCUT2D eigenvalue weighted by molar-refractivity contribution is -0.123. The van der Waals surface area contributed by atoms with Crippen molar-refractivity contribution in [1.29, 1.82) is 5.26 Å². The van der Waals surface area contributed by atoms with E-state index in [2.05, 4.69) is 0 Å². The summed E-state index contributed by atoms with van der Waals surface area (Å²) in [5.74, 6) is 0.364. The number of benzene rings is 2. The first-order valence-electron chi connectivity index (χ1n) is 10.4. The number of piperidine rings is 1. The Balaban J connectivity index is 1.47. The quantitative estimate of drug-likeness (QED) is 0.571. The van der Waals surface area contributed by atoms with Crippen LogP contribution in [0, 0.1) is 17.2 Å². The van der Waals surface area contributed by atoms with E-state index in [0.29, 0.717) is 30.7 Å². The first kappa shape index (κ1) is 21.8. The summed E-state index contributed by atoms with van der Waals surface area (Å²) in [6, 6.07) is 20.9. The van der Waals surface area contributed by atoms with Crippen molar-refractivity contribution < 1.29 is 17.6 Å². The van der Waals surface area contributed by atoms with Gasteiger partial charge >= 0.3 is 0 Å². The minimum absolute atomic E-state index is 0.0389. The topological polar surface area (TPSA) is 94.6 Å². The van der Waals surface area contributed by atoms with Crippen LogP contribution in [0.5, 0.6) is 0 Å². The van der Waals surface area contributed by atoms with Gasteiger partial charge in [-0.1, -0.05) is 18.2 Å². The molecule has 1 amide bonds. The third-order valence-corrected chi connectivity index (χ3v) is 7.57. The summed E-state index contributed by atoms with van der Waals surface area (Å²) in [6.45, 7) is 0.851. The molecule has 1 aliphatic heterocycles. The van der Waals surface area contributed by atoms with Crippen molar-refractivity contribution in [1.82, 2.24) is 4.31 Å². The largest absolute Gasteiger partial charge is 0.467 e. The van der Waals surface area contributed by atoms with Crippen LogP contribution in [-0.4, -0.2) is 31.7 Å². The average Bonchev–Trinajstić information content (AvgIpc) is 3.36. The number of rotatable bonds is 6. The summed E-state index contributed by atoms with van der Waals surface area (Å²) in [6.07, 6.45) is 2.46. The number of anilines is 1. The first-order valence-corrected chi connectivity index (χ1v) is 11.8. The smallest absolute Gasteiger partial charge is 0.243 e. The van der Waals surface area contributed by atoms with E-state index in [1.165, 1.54) is 28.6 Å². The minimum Gasteiger partial charge on any atom is -0.467 e. The molecule has 0 aliphatic carbocycles. The standard InChI is InChI=1S/C24H23N3O4S/c25-17-19-8-10-23(11-9-19)32(29,30)26-14-12-20(13-15-26)24(28)27(18-22-7-4-16-31-22)21-5-2-1-3-6-21/h1-11,16,20H,12-15,18H2. The molecule has 7 nitrogen and oxygen atoms in total. The van der Waals surface area contributed by atoms with Crippen LogP contribution in [0.1, 0.15) is 24.2 Å². The number of sulfonamides is 1. The van der Waals surface area contributed by atoms with Crippen molar-refractivity contribution in [3.05, 3.63) is 84.3 Å². The van der Waals surface area contributed by atoms with Crippen molar-refractivity contribution in [3.8, 4) is 6.07 Å². The van der Waals surface area contributed by atoms with E-state index >= 15 is 0 Å². The summed E-state index contributed by atoms with van der Waals surface area (Å²) < 4.78 is 32.8. The average molecular weight is 450 g/mol. The number of carbonyl (C=O) groups is 1. The lowest BCUT2D eigenvalue weighted by Gasteiger charge is -2.33. The molecule has 32 heavy (non-hydrogen) atoms. The second-order valence-electron chi connectivity index (χ2n) is 7.65. The third kappa shape index (κ3) is 4.59. The zero-order valence-electron chi connectivity index (χ0n) is 17.4. The SMILES string of the molecule is N#Cc1ccc(S(=O)(=O)N2CCC(C(=O)N(Cc3ccco3)c3ccccc3)CC2)cc1. The Labute approximate surface area is 187 Å². The van der Waals surface area contributed by atoms with Crippen LogP contribution >= 0.6 is 0 Å². The lowest BCUT2D eigenvalue weighted by Crippen LogP contribution is -2.44. The van der Waals surface area contributed by atoms with Gasteiger partial charge in [-0.05, 0) is 61.4 Å². The fourth-order valence-corrected chi connectivity index (χ4v) is 5.35. The zero-order valence-corrected chi connectivity index (χ0v) is 18.2. The molecule has 0 saturated carbocycles. The van der Waals surface area contributed by atoms with Gasteiger partial charge in [-0.2, -0.15) is 9.57 Å². The van der Waals surface area contributed by atoms with Gasteiger partial charge in [0.25, 0.3) is 0 Å². The molecule has 8 heteroatoms. The molecule has 0 unspecified atom stereocenters. The summed E-state index contributed by atoms with van der Waals surface area (Å²) >= 11 is 0. The highest BCUT2D eigenvalue weighted by Gasteiger charge is 2.34. The molecule has 2 aromatic carbocycles. The molecule has 4 rings (SSSR count). The fourth-order valence-electron chi connectivity index (χ4n) is 3.88. The van der Waals surface area contributed by atoms with Crippen LogP contribution < -0.4 is 4.90 Å². The number of hydrogen-bond acceptors (Lipinski definition) is 5. The summed E-state index contributed by atoms with van der Waals surface area (Å²) in [5.41, 5.74) is 1.19. The first-order chi connectivity index (χ1) is 15.5. The van der Waals surface area contributed by atoms with Crippen LogP contribution in [0.15, 0.2) is 82.3 Å². The lowest BCUT2D eigenvalue weighted by atomic mass is 9.96. The Morgan fingerprint density at radius 3 is 2.31 bits per heavy atom. The molecule has 0 atom stereocenters. The van der Waals surface area contributed by atoms with Crippen molar-refractivity contribution >= 4 is 21.6 Å². The number of nitriles is 1. The second-order valence-corrected chi connectivity index (χ2v) is 9.59. The van der Waals surface area contributed by atoms with Crippen LogP contribution in [0.3, 0.4) is 0 Å². The van der Waals surface area contributed by atoms with Crippen LogP contribution in [-0.2, 0) is 21.4 Å². The van der Waals surface area contributed by atoms with E-state index in [1.54, 1.807) is 17.2 Å². The maximum atomic E-state index is 13.4. The van der Waals surface area contributed by atoms with Crippen molar-refractivity contribution in [2.45, 2.75) is 24.3 Å². The molecule has 1 aromatic heterocycles. The van der Waals surface area contributed by atoms with E-state index in [1.807, 2.05) is 42.5 Å². The van der Waals surface area contributed by atoms with Gasteiger partial charge in [0.2, 0.25) is 15.9 Å². The fraction of sp³-hybridized carbons (Fsp3) is 0.250. The van der Waals surface area contributed by atoms with Gasteiger partial charge in [0.1, 0.15) is 5.76 Å². The van der Waals surface area contributed by atoms with Gasteiger partial charge < -0.3 is 9.32 Å². The predicted octanol–water partition coefficient (Wildman–Crippen LogP) is 3.79. The number of para-hydroxylation sites is 1. The van der Waals surface area contributed by atoms with E-state index in [9.17, 15) is 13.2 Å². The molecule has 1 fully saturated rings. The van der Waals surface area contributed by atoms with Gasteiger partial charge in [-0.15, -0.1) is 0 Å². The van der Waals surface area contributed by atoms with E-state index < -0.39 is 10.0 Å².